The number of hydrogen-bond acceptors (Lipinski definition) is 2. The van der Waals surface area contributed by atoms with Gasteiger partial charge in [-0.2, -0.15) is 0 Å². The number of amides is 1. The van der Waals surface area contributed by atoms with Crippen LogP contribution in [-0.2, 0) is 4.79 Å². The van der Waals surface area contributed by atoms with E-state index in [-0.39, 0.29) is 11.9 Å². The zero-order valence-corrected chi connectivity index (χ0v) is 10.7. The fourth-order valence-corrected chi connectivity index (χ4v) is 1.38. The summed E-state index contributed by atoms with van der Waals surface area (Å²) in [5, 5.41) is 2.78. The monoisotopic (exact) mass is 222 g/mol. The number of carbonyl (C=O) groups excluding carboxylic acids is 1. The molecule has 1 heterocycles. The fourth-order valence-electron chi connectivity index (χ4n) is 1.38. The van der Waals surface area contributed by atoms with Crippen molar-refractivity contribution in [1.82, 2.24) is 10.2 Å². The minimum Gasteiger partial charge on any atom is -0.342 e. The minimum atomic E-state index is -0.107. The summed E-state index contributed by atoms with van der Waals surface area (Å²) in [6.45, 7) is 12.1. The Kier molecular flexibility index (Phi) is 7.01. The highest BCUT2D eigenvalue weighted by molar-refractivity contribution is 5.83. The molecule has 1 rings (SSSR count). The third-order valence-corrected chi connectivity index (χ3v) is 2.27. The van der Waals surface area contributed by atoms with Crippen molar-refractivity contribution in [3.8, 4) is 0 Å². The van der Waals surface area contributed by atoms with Gasteiger partial charge in [-0.15, -0.1) is 0 Å². The van der Waals surface area contributed by atoms with E-state index in [2.05, 4.69) is 11.9 Å². The third kappa shape index (κ3) is 3.57. The molecule has 1 fully saturated rings. The Morgan fingerprint density at radius 2 is 2.19 bits per heavy atom. The van der Waals surface area contributed by atoms with Gasteiger partial charge in [-0.05, 0) is 26.0 Å². The Balaban J connectivity index is 0.00000106. The molecule has 0 spiro atoms. The van der Waals surface area contributed by atoms with Crippen LogP contribution in [0, 0.1) is 0 Å². The van der Waals surface area contributed by atoms with E-state index in [1.165, 1.54) is 0 Å². The summed E-state index contributed by atoms with van der Waals surface area (Å²) >= 11 is 0. The summed E-state index contributed by atoms with van der Waals surface area (Å²) in [5.74, 6) is 0.0678. The van der Waals surface area contributed by atoms with Gasteiger partial charge in [0.1, 0.15) is 6.04 Å². The molecule has 0 aromatic heterocycles. The van der Waals surface area contributed by atoms with E-state index in [0.717, 1.165) is 5.70 Å². The fraction of sp³-hybridized carbons (Fsp3) is 0.462. The lowest BCUT2D eigenvalue weighted by Crippen LogP contribution is -2.28. The first-order valence-electron chi connectivity index (χ1n) is 5.70. The zero-order chi connectivity index (χ0) is 12.6. The molecule has 1 saturated heterocycles. The lowest BCUT2D eigenvalue weighted by molar-refractivity contribution is -0.120. The number of allylic oxidation sites excluding steroid dienone is 4. The maximum atomic E-state index is 11.2. The Morgan fingerprint density at radius 3 is 2.56 bits per heavy atom. The second-order valence-corrected chi connectivity index (χ2v) is 3.17. The second-order valence-electron chi connectivity index (χ2n) is 3.17. The van der Waals surface area contributed by atoms with Crippen LogP contribution in [0.25, 0.3) is 0 Å². The highest BCUT2D eigenvalue weighted by Crippen LogP contribution is 2.14. The highest BCUT2D eigenvalue weighted by atomic mass is 16.2. The quantitative estimate of drug-likeness (QED) is 0.744. The smallest absolute Gasteiger partial charge is 0.243 e. The standard InChI is InChI=1S/C11H16N2O.C2H6/c1-4-6-7-10(5-2)13-8-12-11(14)9(13)3;1-2/h4-7,9H,2,8H2,1,3H3,(H,12,14);1-2H3/b6-4-,10-7+;. The molecule has 0 aliphatic carbocycles. The Morgan fingerprint density at radius 1 is 1.56 bits per heavy atom. The molecule has 0 aromatic rings. The molecule has 1 aliphatic rings. The van der Waals surface area contributed by atoms with Gasteiger partial charge in [0.15, 0.2) is 0 Å². The van der Waals surface area contributed by atoms with E-state index in [1.54, 1.807) is 6.08 Å². The van der Waals surface area contributed by atoms with Gasteiger partial charge in [0.2, 0.25) is 5.91 Å². The van der Waals surface area contributed by atoms with Crippen LogP contribution in [0.3, 0.4) is 0 Å². The number of rotatable bonds is 3. The third-order valence-electron chi connectivity index (χ3n) is 2.27. The van der Waals surface area contributed by atoms with Gasteiger partial charge in [0, 0.05) is 5.70 Å². The molecule has 0 aromatic carbocycles. The van der Waals surface area contributed by atoms with Gasteiger partial charge in [-0.25, -0.2) is 0 Å². The average molecular weight is 222 g/mol. The molecule has 3 nitrogen and oxygen atoms in total. The van der Waals surface area contributed by atoms with E-state index in [9.17, 15) is 4.79 Å². The molecule has 1 amide bonds. The first-order chi connectivity index (χ1) is 7.70. The normalized spacial score (nSPS) is 20.5. The van der Waals surface area contributed by atoms with Crippen LogP contribution >= 0.6 is 0 Å². The van der Waals surface area contributed by atoms with E-state index in [1.807, 2.05) is 50.8 Å². The van der Waals surface area contributed by atoms with Crippen LogP contribution in [0.4, 0.5) is 0 Å². The summed E-state index contributed by atoms with van der Waals surface area (Å²) in [7, 11) is 0. The predicted octanol–water partition coefficient (Wildman–Crippen LogP) is 2.44. The lowest BCUT2D eigenvalue weighted by Gasteiger charge is -2.21. The van der Waals surface area contributed by atoms with Gasteiger partial charge in [0.25, 0.3) is 0 Å². The first-order valence-corrected chi connectivity index (χ1v) is 5.70. The van der Waals surface area contributed by atoms with Crippen LogP contribution in [0.1, 0.15) is 27.7 Å². The van der Waals surface area contributed by atoms with E-state index < -0.39 is 0 Å². The van der Waals surface area contributed by atoms with E-state index in [0.29, 0.717) is 6.67 Å². The number of nitrogens with zero attached hydrogens (tertiary/aromatic N) is 1. The van der Waals surface area contributed by atoms with Crippen molar-refractivity contribution in [3.63, 3.8) is 0 Å². The van der Waals surface area contributed by atoms with Crippen molar-refractivity contribution in [2.75, 3.05) is 6.67 Å². The maximum absolute atomic E-state index is 11.2. The molecule has 90 valence electrons. The maximum Gasteiger partial charge on any atom is 0.243 e. The molecule has 16 heavy (non-hydrogen) atoms. The molecule has 0 radical (unpaired) electrons. The SMILES string of the molecule is C=C/C(=C\C=C/C)N1CNC(=O)C1C.CC. The van der Waals surface area contributed by atoms with Gasteiger partial charge in [0.05, 0.1) is 6.67 Å². The number of hydrogen-bond donors (Lipinski definition) is 1. The highest BCUT2D eigenvalue weighted by Gasteiger charge is 2.27. The Labute approximate surface area is 98.5 Å². The topological polar surface area (TPSA) is 32.3 Å². The van der Waals surface area contributed by atoms with Gasteiger partial charge in [-0.3, -0.25) is 4.79 Å². The number of nitrogens with one attached hydrogen (secondary N) is 1. The largest absolute Gasteiger partial charge is 0.342 e. The van der Waals surface area contributed by atoms with Crippen LogP contribution in [-0.4, -0.2) is 23.5 Å². The van der Waals surface area contributed by atoms with Gasteiger partial charge < -0.3 is 10.2 Å². The molecular weight excluding hydrogens is 200 g/mol. The van der Waals surface area contributed by atoms with Crippen LogP contribution < -0.4 is 5.32 Å². The number of carbonyl (C=O) groups is 1. The van der Waals surface area contributed by atoms with E-state index in [4.69, 9.17) is 0 Å². The van der Waals surface area contributed by atoms with Crippen molar-refractivity contribution >= 4 is 5.91 Å². The van der Waals surface area contributed by atoms with Crippen molar-refractivity contribution in [2.45, 2.75) is 33.7 Å². The molecule has 1 unspecified atom stereocenters. The molecule has 3 heteroatoms. The van der Waals surface area contributed by atoms with Crippen molar-refractivity contribution < 1.29 is 4.79 Å². The Bertz CT molecular complexity index is 292. The van der Waals surface area contributed by atoms with Crippen LogP contribution in [0.15, 0.2) is 36.6 Å². The molecular formula is C13H22N2O. The summed E-state index contributed by atoms with van der Waals surface area (Å²) in [4.78, 5) is 13.2. The Hall–Kier alpha value is -1.51. The molecule has 0 bridgehead atoms. The first kappa shape index (κ1) is 14.5. The predicted molar refractivity (Wildman–Crippen MR) is 68.8 cm³/mol. The van der Waals surface area contributed by atoms with Gasteiger partial charge in [-0.1, -0.05) is 32.6 Å². The molecule has 1 aliphatic heterocycles. The van der Waals surface area contributed by atoms with Crippen molar-refractivity contribution in [2.24, 2.45) is 0 Å². The average Bonchev–Trinajstić information content (AvgIpc) is 2.65. The molecule has 0 saturated carbocycles. The molecule has 1 atom stereocenters. The zero-order valence-electron chi connectivity index (χ0n) is 10.7. The van der Waals surface area contributed by atoms with Crippen molar-refractivity contribution in [1.29, 1.82) is 0 Å². The molecule has 1 N–H and O–H groups in total. The summed E-state index contributed by atoms with van der Waals surface area (Å²) in [6, 6.07) is -0.107. The van der Waals surface area contributed by atoms with Crippen molar-refractivity contribution in [3.05, 3.63) is 36.6 Å². The summed E-state index contributed by atoms with van der Waals surface area (Å²) in [5.41, 5.74) is 0.967. The second kappa shape index (κ2) is 7.74. The summed E-state index contributed by atoms with van der Waals surface area (Å²) < 4.78 is 0. The van der Waals surface area contributed by atoms with Crippen LogP contribution in [0.5, 0.6) is 0 Å². The van der Waals surface area contributed by atoms with Gasteiger partial charge >= 0.3 is 0 Å². The van der Waals surface area contributed by atoms with Crippen LogP contribution in [0.2, 0.25) is 0 Å². The summed E-state index contributed by atoms with van der Waals surface area (Å²) in [6.07, 6.45) is 7.59. The van der Waals surface area contributed by atoms with E-state index >= 15 is 0 Å². The lowest BCUT2D eigenvalue weighted by atomic mass is 10.2. The minimum absolute atomic E-state index is 0.0678.